The van der Waals surface area contributed by atoms with Crippen LogP contribution in [0, 0.1) is 6.92 Å². The van der Waals surface area contributed by atoms with Gasteiger partial charge in [-0.25, -0.2) is 18.4 Å². The Labute approximate surface area is 170 Å². The van der Waals surface area contributed by atoms with Crippen LogP contribution < -0.4 is 14.8 Å². The molecule has 154 valence electrons. The van der Waals surface area contributed by atoms with E-state index in [1.165, 1.54) is 31.0 Å². The van der Waals surface area contributed by atoms with E-state index in [4.69, 9.17) is 9.15 Å². The van der Waals surface area contributed by atoms with Crippen molar-refractivity contribution >= 4 is 15.7 Å². The molecule has 0 aliphatic carbocycles. The molecule has 0 amide bonds. The van der Waals surface area contributed by atoms with Gasteiger partial charge in [-0.15, -0.1) is 0 Å². The number of hydrogen-bond acceptors (Lipinski definition) is 7. The molecule has 2 aromatic heterocycles. The Hall–Kier alpha value is -2.91. The van der Waals surface area contributed by atoms with Crippen LogP contribution >= 0.6 is 0 Å². The van der Waals surface area contributed by atoms with Crippen molar-refractivity contribution in [2.75, 3.05) is 17.9 Å². The highest BCUT2D eigenvalue weighted by Crippen LogP contribution is 2.24. The lowest BCUT2D eigenvalue weighted by Crippen LogP contribution is -2.27. The fourth-order valence-corrected chi connectivity index (χ4v) is 3.70. The minimum atomic E-state index is -3.75. The fraction of sp³-hybridized carbons (Fsp3) is 0.300. The molecule has 0 saturated carbocycles. The number of aromatic nitrogens is 2. The molecule has 0 aliphatic rings. The van der Waals surface area contributed by atoms with Crippen molar-refractivity contribution in [1.29, 1.82) is 0 Å². The van der Waals surface area contributed by atoms with Gasteiger partial charge in [0.25, 0.3) is 10.0 Å². The molecule has 0 spiro atoms. The average molecular weight is 417 g/mol. The molecule has 2 N–H and O–H groups in total. The van der Waals surface area contributed by atoms with Crippen LogP contribution in [0.2, 0.25) is 0 Å². The Morgan fingerprint density at radius 1 is 1.17 bits per heavy atom. The predicted molar refractivity (Wildman–Crippen MR) is 110 cm³/mol. The number of benzene rings is 1. The van der Waals surface area contributed by atoms with Crippen LogP contribution in [0.3, 0.4) is 0 Å². The Morgan fingerprint density at radius 2 is 1.93 bits per heavy atom. The maximum Gasteiger partial charge on any atom is 0.261 e. The minimum Gasteiger partial charge on any atom is -0.476 e. The normalized spacial score (nSPS) is 11.6. The third-order valence-corrected chi connectivity index (χ3v) is 5.51. The molecule has 0 bridgehead atoms. The zero-order valence-corrected chi connectivity index (χ0v) is 17.4. The summed E-state index contributed by atoms with van der Waals surface area (Å²) in [6.07, 6.45) is 4.28. The van der Waals surface area contributed by atoms with Crippen molar-refractivity contribution in [2.45, 2.75) is 31.7 Å². The number of anilines is 1. The average Bonchev–Trinajstić information content (AvgIpc) is 3.22. The van der Waals surface area contributed by atoms with Gasteiger partial charge in [-0.3, -0.25) is 4.72 Å². The SMILES string of the molecule is Cc1cc(OCCNC(C)C)ncc1NS(=O)(=O)c1ccc(-c2cocn2)cc1. The molecule has 0 fully saturated rings. The maximum absolute atomic E-state index is 12.7. The van der Waals surface area contributed by atoms with Crippen molar-refractivity contribution in [2.24, 2.45) is 0 Å². The highest BCUT2D eigenvalue weighted by molar-refractivity contribution is 7.92. The van der Waals surface area contributed by atoms with Crippen LogP contribution in [0.5, 0.6) is 5.88 Å². The quantitative estimate of drug-likeness (QED) is 0.516. The maximum atomic E-state index is 12.7. The van der Waals surface area contributed by atoms with Gasteiger partial charge in [-0.2, -0.15) is 0 Å². The number of ether oxygens (including phenoxy) is 1. The monoisotopic (exact) mass is 416 g/mol. The summed E-state index contributed by atoms with van der Waals surface area (Å²) in [5.74, 6) is 0.452. The number of rotatable bonds is 9. The van der Waals surface area contributed by atoms with Crippen molar-refractivity contribution < 1.29 is 17.6 Å². The third kappa shape index (κ3) is 5.55. The molecule has 0 unspecified atom stereocenters. The largest absolute Gasteiger partial charge is 0.476 e. The first-order valence-electron chi connectivity index (χ1n) is 9.19. The van der Waals surface area contributed by atoms with Gasteiger partial charge in [0.05, 0.1) is 16.8 Å². The number of nitrogens with zero attached hydrogens (tertiary/aromatic N) is 2. The summed E-state index contributed by atoms with van der Waals surface area (Å²) in [6.45, 7) is 7.10. The van der Waals surface area contributed by atoms with Gasteiger partial charge in [0.15, 0.2) is 6.39 Å². The molecule has 0 saturated heterocycles. The standard InChI is InChI=1S/C20H24N4O4S/c1-14(2)21-8-9-28-20-10-15(3)18(11-22-20)24-29(25,26)17-6-4-16(5-7-17)19-12-27-13-23-19/h4-7,10-14,21,24H,8-9H2,1-3H3. The smallest absolute Gasteiger partial charge is 0.261 e. The van der Waals surface area contributed by atoms with Crippen LogP contribution in [0.25, 0.3) is 11.3 Å². The second-order valence-corrected chi connectivity index (χ2v) is 8.48. The van der Waals surface area contributed by atoms with E-state index in [0.29, 0.717) is 36.5 Å². The van der Waals surface area contributed by atoms with Crippen LogP contribution in [-0.2, 0) is 10.0 Å². The number of aryl methyl sites for hydroxylation is 1. The summed E-state index contributed by atoms with van der Waals surface area (Å²) in [5, 5.41) is 3.25. The molecule has 0 radical (unpaired) electrons. The van der Waals surface area contributed by atoms with E-state index >= 15 is 0 Å². The van der Waals surface area contributed by atoms with Gasteiger partial charge in [-0.1, -0.05) is 26.0 Å². The number of pyridine rings is 1. The zero-order valence-electron chi connectivity index (χ0n) is 16.5. The zero-order chi connectivity index (χ0) is 20.9. The van der Waals surface area contributed by atoms with E-state index in [0.717, 1.165) is 11.1 Å². The van der Waals surface area contributed by atoms with Gasteiger partial charge in [-0.05, 0) is 24.6 Å². The Balaban J connectivity index is 1.66. The summed E-state index contributed by atoms with van der Waals surface area (Å²) >= 11 is 0. The van der Waals surface area contributed by atoms with Gasteiger partial charge in [0.1, 0.15) is 18.6 Å². The van der Waals surface area contributed by atoms with E-state index in [9.17, 15) is 8.42 Å². The number of sulfonamides is 1. The molecule has 2 heterocycles. The van der Waals surface area contributed by atoms with E-state index < -0.39 is 10.0 Å². The lowest BCUT2D eigenvalue weighted by atomic mass is 10.2. The lowest BCUT2D eigenvalue weighted by Gasteiger charge is -2.13. The Kier molecular flexibility index (Phi) is 6.50. The highest BCUT2D eigenvalue weighted by Gasteiger charge is 2.16. The van der Waals surface area contributed by atoms with Gasteiger partial charge >= 0.3 is 0 Å². The number of hydrogen-bond donors (Lipinski definition) is 2. The van der Waals surface area contributed by atoms with E-state index in [2.05, 4.69) is 33.9 Å². The van der Waals surface area contributed by atoms with Crippen LogP contribution in [0.1, 0.15) is 19.4 Å². The predicted octanol–water partition coefficient (Wildman–Crippen LogP) is 3.22. The number of oxazole rings is 1. The van der Waals surface area contributed by atoms with Crippen LogP contribution in [0.15, 0.2) is 58.5 Å². The first-order chi connectivity index (χ1) is 13.8. The second kappa shape index (κ2) is 9.06. The van der Waals surface area contributed by atoms with Crippen molar-refractivity contribution in [3.8, 4) is 17.1 Å². The molecule has 0 atom stereocenters. The topological polar surface area (TPSA) is 106 Å². The van der Waals surface area contributed by atoms with E-state index in [1.54, 1.807) is 25.1 Å². The third-order valence-electron chi connectivity index (χ3n) is 4.13. The molecular formula is C20H24N4O4S. The van der Waals surface area contributed by atoms with Crippen molar-refractivity contribution in [3.63, 3.8) is 0 Å². The van der Waals surface area contributed by atoms with Gasteiger partial charge in [0, 0.05) is 24.2 Å². The second-order valence-electron chi connectivity index (χ2n) is 6.80. The molecule has 3 rings (SSSR count). The van der Waals surface area contributed by atoms with Crippen molar-refractivity contribution in [3.05, 3.63) is 54.7 Å². The Bertz CT molecular complexity index is 1030. The number of nitrogens with one attached hydrogen (secondary N) is 2. The molecule has 1 aromatic carbocycles. The van der Waals surface area contributed by atoms with Gasteiger partial charge < -0.3 is 14.5 Å². The molecule has 9 heteroatoms. The molecular weight excluding hydrogens is 392 g/mol. The minimum absolute atomic E-state index is 0.143. The summed E-state index contributed by atoms with van der Waals surface area (Å²) < 4.78 is 38.5. The first-order valence-corrected chi connectivity index (χ1v) is 10.7. The van der Waals surface area contributed by atoms with Crippen LogP contribution in [-0.4, -0.2) is 37.6 Å². The summed E-state index contributed by atoms with van der Waals surface area (Å²) in [5.41, 5.74) is 2.53. The summed E-state index contributed by atoms with van der Waals surface area (Å²) in [6, 6.07) is 8.50. The van der Waals surface area contributed by atoms with Crippen molar-refractivity contribution in [1.82, 2.24) is 15.3 Å². The van der Waals surface area contributed by atoms with E-state index in [1.807, 2.05) is 0 Å². The van der Waals surface area contributed by atoms with Gasteiger partial charge in [0.2, 0.25) is 5.88 Å². The summed E-state index contributed by atoms with van der Waals surface area (Å²) in [4.78, 5) is 8.37. The molecule has 29 heavy (non-hydrogen) atoms. The highest BCUT2D eigenvalue weighted by atomic mass is 32.2. The molecule has 3 aromatic rings. The Morgan fingerprint density at radius 3 is 2.55 bits per heavy atom. The first kappa shape index (κ1) is 20.8. The van der Waals surface area contributed by atoms with E-state index in [-0.39, 0.29) is 4.90 Å². The molecule has 0 aliphatic heterocycles. The summed E-state index contributed by atoms with van der Waals surface area (Å²) in [7, 11) is -3.75. The fourth-order valence-electron chi connectivity index (χ4n) is 2.58. The lowest BCUT2D eigenvalue weighted by molar-refractivity contribution is 0.298. The van der Waals surface area contributed by atoms with Crippen LogP contribution in [0.4, 0.5) is 5.69 Å². The molecule has 8 nitrogen and oxygen atoms in total.